The van der Waals surface area contributed by atoms with Crippen LogP contribution in [0.4, 0.5) is 0 Å². The third-order valence-corrected chi connectivity index (χ3v) is 3.22. The molecule has 108 valence electrons. The Balaban J connectivity index is 0.00000180. The largest absolute Gasteiger partial charge is 0.391 e. The summed E-state index contributed by atoms with van der Waals surface area (Å²) in [7, 11) is 0. The zero-order chi connectivity index (χ0) is 12.8. The second-order valence-electron chi connectivity index (χ2n) is 4.69. The van der Waals surface area contributed by atoms with E-state index in [1.54, 1.807) is 6.20 Å². The van der Waals surface area contributed by atoms with E-state index in [1.807, 2.05) is 6.20 Å². The van der Waals surface area contributed by atoms with Gasteiger partial charge in [-0.15, -0.1) is 12.4 Å². The molecule has 0 aromatic carbocycles. The van der Waals surface area contributed by atoms with Crippen molar-refractivity contribution in [2.24, 2.45) is 0 Å². The van der Waals surface area contributed by atoms with Gasteiger partial charge in [0, 0.05) is 19.2 Å². The lowest BCUT2D eigenvalue weighted by molar-refractivity contribution is -0.122. The molecule has 2 rings (SSSR count). The van der Waals surface area contributed by atoms with Gasteiger partial charge in [0.05, 0.1) is 18.3 Å². The molecule has 6 nitrogen and oxygen atoms in total. The van der Waals surface area contributed by atoms with Crippen molar-refractivity contribution in [1.82, 2.24) is 20.8 Å². The van der Waals surface area contributed by atoms with Gasteiger partial charge in [0.25, 0.3) is 0 Å². The number of aliphatic hydroxyl groups is 1. The van der Waals surface area contributed by atoms with Crippen molar-refractivity contribution in [2.75, 3.05) is 13.1 Å². The van der Waals surface area contributed by atoms with Gasteiger partial charge in [0.1, 0.15) is 0 Å². The first-order valence-corrected chi connectivity index (χ1v) is 6.41. The number of nitrogens with one attached hydrogen (secondary N) is 3. The lowest BCUT2D eigenvalue weighted by atomic mass is 10.0. The molecule has 0 saturated carbocycles. The zero-order valence-corrected chi connectivity index (χ0v) is 11.6. The van der Waals surface area contributed by atoms with E-state index in [0.29, 0.717) is 19.4 Å². The lowest BCUT2D eigenvalue weighted by Gasteiger charge is -2.29. The predicted octanol–water partition coefficient (Wildman–Crippen LogP) is -0.00680. The first-order chi connectivity index (χ1) is 8.75. The molecule has 0 spiro atoms. The molecule has 0 unspecified atom stereocenters. The molecule has 19 heavy (non-hydrogen) atoms. The second-order valence-corrected chi connectivity index (χ2v) is 4.69. The summed E-state index contributed by atoms with van der Waals surface area (Å²) in [6, 6.07) is -0.153. The topological polar surface area (TPSA) is 90.0 Å². The summed E-state index contributed by atoms with van der Waals surface area (Å²) >= 11 is 0. The van der Waals surface area contributed by atoms with Crippen molar-refractivity contribution in [2.45, 2.75) is 37.8 Å². The number of carbonyl (C=O) groups is 1. The van der Waals surface area contributed by atoms with Crippen molar-refractivity contribution in [3.8, 4) is 0 Å². The molecule has 1 aliphatic heterocycles. The Morgan fingerprint density at radius 2 is 2.42 bits per heavy atom. The van der Waals surface area contributed by atoms with E-state index >= 15 is 0 Å². The summed E-state index contributed by atoms with van der Waals surface area (Å²) in [5.41, 5.74) is 1.11. The number of piperidine rings is 1. The number of hydrogen-bond acceptors (Lipinski definition) is 4. The van der Waals surface area contributed by atoms with Gasteiger partial charge in [0.15, 0.2) is 0 Å². The molecule has 1 fully saturated rings. The van der Waals surface area contributed by atoms with Crippen LogP contribution in [-0.4, -0.2) is 46.4 Å². The highest BCUT2D eigenvalue weighted by Gasteiger charge is 2.23. The van der Waals surface area contributed by atoms with Gasteiger partial charge < -0.3 is 15.7 Å². The van der Waals surface area contributed by atoms with Gasteiger partial charge in [0.2, 0.25) is 5.91 Å². The van der Waals surface area contributed by atoms with Crippen molar-refractivity contribution < 1.29 is 9.90 Å². The molecule has 4 N–H and O–H groups in total. The Bertz CT molecular complexity index is 372. The number of aliphatic hydroxyl groups excluding tert-OH is 1. The van der Waals surface area contributed by atoms with Crippen molar-refractivity contribution in [1.29, 1.82) is 0 Å². The molecular formula is C12H21ClN4O2. The van der Waals surface area contributed by atoms with Crippen LogP contribution in [0.3, 0.4) is 0 Å². The summed E-state index contributed by atoms with van der Waals surface area (Å²) < 4.78 is 0. The van der Waals surface area contributed by atoms with E-state index in [-0.39, 0.29) is 24.4 Å². The number of carbonyl (C=O) groups excluding carboxylic acids is 1. The van der Waals surface area contributed by atoms with Crippen LogP contribution in [0.2, 0.25) is 0 Å². The molecule has 0 bridgehead atoms. The number of rotatable bonds is 5. The van der Waals surface area contributed by atoms with Crippen LogP contribution in [-0.2, 0) is 11.2 Å². The first kappa shape index (κ1) is 15.9. The Morgan fingerprint density at radius 1 is 1.58 bits per heavy atom. The van der Waals surface area contributed by atoms with E-state index in [1.165, 1.54) is 0 Å². The Labute approximate surface area is 118 Å². The van der Waals surface area contributed by atoms with Gasteiger partial charge >= 0.3 is 0 Å². The molecule has 0 radical (unpaired) electrons. The highest BCUT2D eigenvalue weighted by molar-refractivity contribution is 5.85. The fourth-order valence-corrected chi connectivity index (χ4v) is 2.14. The third-order valence-electron chi connectivity index (χ3n) is 3.22. The minimum absolute atomic E-state index is 0. The van der Waals surface area contributed by atoms with E-state index in [0.717, 1.165) is 24.9 Å². The normalized spacial score (nSPS) is 22.6. The summed E-state index contributed by atoms with van der Waals surface area (Å²) in [6.07, 6.45) is 5.99. The van der Waals surface area contributed by atoms with Crippen LogP contribution < -0.4 is 10.6 Å². The minimum atomic E-state index is -0.427. The minimum Gasteiger partial charge on any atom is -0.391 e. The summed E-state index contributed by atoms with van der Waals surface area (Å²) in [6.45, 7) is 1.46. The maximum atomic E-state index is 11.7. The maximum Gasteiger partial charge on any atom is 0.220 e. The van der Waals surface area contributed by atoms with Gasteiger partial charge in [-0.05, 0) is 31.4 Å². The average molecular weight is 289 g/mol. The number of nitrogens with zero attached hydrogens (tertiary/aromatic N) is 1. The lowest BCUT2D eigenvalue weighted by Crippen LogP contribution is -2.53. The highest BCUT2D eigenvalue weighted by Crippen LogP contribution is 2.05. The van der Waals surface area contributed by atoms with Gasteiger partial charge in [-0.3, -0.25) is 9.89 Å². The second kappa shape index (κ2) is 8.14. The van der Waals surface area contributed by atoms with Crippen molar-refractivity contribution in [3.63, 3.8) is 0 Å². The summed E-state index contributed by atoms with van der Waals surface area (Å²) in [5.74, 6) is 0.00578. The van der Waals surface area contributed by atoms with Crippen LogP contribution in [0.1, 0.15) is 24.8 Å². The van der Waals surface area contributed by atoms with Crippen molar-refractivity contribution in [3.05, 3.63) is 18.0 Å². The average Bonchev–Trinajstić information content (AvgIpc) is 2.85. The number of halogens is 1. The van der Waals surface area contributed by atoms with E-state index in [4.69, 9.17) is 0 Å². The number of H-pyrrole nitrogens is 1. The molecule has 1 aromatic heterocycles. The molecule has 7 heteroatoms. The standard InChI is InChI=1S/C12H20N4O2.ClH/c17-11-4-5-13-8-10(11)16-12(18)3-1-2-9-6-14-15-7-9;/h6-7,10-11,13,17H,1-5,8H2,(H,14,15)(H,16,18);1H/t10-,11+;/m0./s1. The number of aromatic nitrogens is 2. The predicted molar refractivity (Wildman–Crippen MR) is 74.2 cm³/mol. The Kier molecular flexibility index (Phi) is 6.83. The fraction of sp³-hybridized carbons (Fsp3) is 0.667. The van der Waals surface area contributed by atoms with Gasteiger partial charge in [-0.1, -0.05) is 0 Å². The van der Waals surface area contributed by atoms with Crippen LogP contribution in [0.5, 0.6) is 0 Å². The molecule has 2 heterocycles. The van der Waals surface area contributed by atoms with E-state index in [2.05, 4.69) is 20.8 Å². The Morgan fingerprint density at radius 3 is 3.11 bits per heavy atom. The quantitative estimate of drug-likeness (QED) is 0.614. The maximum absolute atomic E-state index is 11.7. The molecule has 0 aliphatic carbocycles. The van der Waals surface area contributed by atoms with Crippen LogP contribution in [0.25, 0.3) is 0 Å². The molecule has 1 saturated heterocycles. The SMILES string of the molecule is Cl.O=C(CCCc1cn[nH]c1)N[C@H]1CNCC[C@H]1O. The van der Waals surface area contributed by atoms with Crippen LogP contribution in [0, 0.1) is 0 Å². The smallest absolute Gasteiger partial charge is 0.220 e. The molecule has 1 amide bonds. The number of amides is 1. The first-order valence-electron chi connectivity index (χ1n) is 6.41. The highest BCUT2D eigenvalue weighted by atomic mass is 35.5. The van der Waals surface area contributed by atoms with Crippen LogP contribution in [0.15, 0.2) is 12.4 Å². The van der Waals surface area contributed by atoms with Gasteiger partial charge in [-0.2, -0.15) is 5.10 Å². The molecule has 1 aliphatic rings. The molecular weight excluding hydrogens is 268 g/mol. The summed E-state index contributed by atoms with van der Waals surface area (Å²) in [5, 5.41) is 22.4. The van der Waals surface area contributed by atoms with E-state index < -0.39 is 6.10 Å². The molecule has 1 aromatic rings. The number of aromatic amines is 1. The molecule has 2 atom stereocenters. The third kappa shape index (κ3) is 5.18. The number of hydrogen-bond donors (Lipinski definition) is 4. The Hall–Kier alpha value is -1.11. The number of aryl methyl sites for hydroxylation is 1. The monoisotopic (exact) mass is 288 g/mol. The van der Waals surface area contributed by atoms with E-state index in [9.17, 15) is 9.90 Å². The van der Waals surface area contributed by atoms with Crippen molar-refractivity contribution >= 4 is 18.3 Å². The zero-order valence-electron chi connectivity index (χ0n) is 10.8. The fourth-order valence-electron chi connectivity index (χ4n) is 2.14. The summed E-state index contributed by atoms with van der Waals surface area (Å²) in [4.78, 5) is 11.7. The van der Waals surface area contributed by atoms with Gasteiger partial charge in [-0.25, -0.2) is 0 Å². The van der Waals surface area contributed by atoms with Crippen LogP contribution >= 0.6 is 12.4 Å².